The van der Waals surface area contributed by atoms with Crippen LogP contribution in [0.3, 0.4) is 0 Å². The molecule has 0 radical (unpaired) electrons. The van der Waals surface area contributed by atoms with Crippen molar-refractivity contribution < 1.29 is 0 Å². The monoisotopic (exact) mass is 226 g/mol. The lowest BCUT2D eigenvalue weighted by Crippen LogP contribution is -2.25. The van der Waals surface area contributed by atoms with E-state index in [1.165, 1.54) is 17.1 Å². The van der Waals surface area contributed by atoms with E-state index in [4.69, 9.17) is 0 Å². The number of rotatable bonds is 3. The SMILES string of the molecule is CC[C@@H]1CSC(=NCc2cccs2)N1. The lowest BCUT2D eigenvalue weighted by molar-refractivity contribution is 0.667. The van der Waals surface area contributed by atoms with Crippen LogP contribution < -0.4 is 5.32 Å². The Kier molecular flexibility index (Phi) is 3.48. The minimum Gasteiger partial charge on any atom is -0.361 e. The van der Waals surface area contributed by atoms with E-state index in [0.29, 0.717) is 6.04 Å². The summed E-state index contributed by atoms with van der Waals surface area (Å²) in [6, 6.07) is 4.83. The van der Waals surface area contributed by atoms with Gasteiger partial charge < -0.3 is 5.32 Å². The van der Waals surface area contributed by atoms with Crippen LogP contribution >= 0.6 is 23.1 Å². The van der Waals surface area contributed by atoms with Crippen molar-refractivity contribution in [3.8, 4) is 0 Å². The van der Waals surface area contributed by atoms with Gasteiger partial charge in [0.25, 0.3) is 0 Å². The Morgan fingerprint density at radius 3 is 3.21 bits per heavy atom. The third kappa shape index (κ3) is 2.51. The van der Waals surface area contributed by atoms with Crippen molar-refractivity contribution in [3.63, 3.8) is 0 Å². The highest BCUT2D eigenvalue weighted by Crippen LogP contribution is 2.17. The Morgan fingerprint density at radius 1 is 1.64 bits per heavy atom. The van der Waals surface area contributed by atoms with Crippen molar-refractivity contribution in [2.24, 2.45) is 4.99 Å². The average Bonchev–Trinajstić information content (AvgIpc) is 2.86. The fourth-order valence-electron chi connectivity index (χ4n) is 1.30. The summed E-state index contributed by atoms with van der Waals surface area (Å²) < 4.78 is 0. The van der Waals surface area contributed by atoms with Gasteiger partial charge in [-0.2, -0.15) is 0 Å². The van der Waals surface area contributed by atoms with E-state index >= 15 is 0 Å². The molecule has 1 aliphatic rings. The summed E-state index contributed by atoms with van der Waals surface area (Å²) >= 11 is 3.61. The first-order valence-corrected chi connectivity index (χ1v) is 6.71. The van der Waals surface area contributed by atoms with E-state index in [1.807, 2.05) is 11.8 Å². The zero-order valence-corrected chi connectivity index (χ0v) is 9.83. The molecule has 2 nitrogen and oxygen atoms in total. The van der Waals surface area contributed by atoms with Gasteiger partial charge in [0.2, 0.25) is 0 Å². The molecule has 1 fully saturated rings. The topological polar surface area (TPSA) is 24.4 Å². The summed E-state index contributed by atoms with van der Waals surface area (Å²) in [4.78, 5) is 5.88. The minimum atomic E-state index is 0.627. The van der Waals surface area contributed by atoms with Crippen LogP contribution in [-0.4, -0.2) is 17.0 Å². The Morgan fingerprint density at radius 2 is 2.57 bits per heavy atom. The largest absolute Gasteiger partial charge is 0.361 e. The Balaban J connectivity index is 1.87. The molecule has 0 amide bonds. The third-order valence-electron chi connectivity index (χ3n) is 2.20. The van der Waals surface area contributed by atoms with Gasteiger partial charge in [-0.25, -0.2) is 0 Å². The lowest BCUT2D eigenvalue weighted by atomic mass is 10.3. The fourth-order valence-corrected chi connectivity index (χ4v) is 3.01. The summed E-state index contributed by atoms with van der Waals surface area (Å²) in [6.07, 6.45) is 1.19. The quantitative estimate of drug-likeness (QED) is 0.857. The van der Waals surface area contributed by atoms with Gasteiger partial charge in [-0.3, -0.25) is 4.99 Å². The maximum absolute atomic E-state index is 4.54. The average molecular weight is 226 g/mol. The molecule has 1 saturated heterocycles. The molecule has 0 saturated carbocycles. The van der Waals surface area contributed by atoms with Gasteiger partial charge in [0.05, 0.1) is 6.54 Å². The van der Waals surface area contributed by atoms with Crippen LogP contribution in [-0.2, 0) is 6.54 Å². The predicted octanol–water partition coefficient (Wildman–Crippen LogP) is 2.72. The van der Waals surface area contributed by atoms with Gasteiger partial charge in [-0.05, 0) is 17.9 Å². The summed E-state index contributed by atoms with van der Waals surface area (Å²) in [5.41, 5.74) is 0. The number of thioether (sulfide) groups is 1. The molecule has 1 N–H and O–H groups in total. The van der Waals surface area contributed by atoms with Gasteiger partial charge in [0.15, 0.2) is 5.17 Å². The second-order valence-electron chi connectivity index (χ2n) is 3.26. The predicted molar refractivity (Wildman–Crippen MR) is 65.1 cm³/mol. The Hall–Kier alpha value is -0.480. The third-order valence-corrected chi connectivity index (χ3v) is 4.15. The van der Waals surface area contributed by atoms with Crippen LogP contribution in [0.2, 0.25) is 0 Å². The van der Waals surface area contributed by atoms with Crippen LogP contribution in [0.1, 0.15) is 18.2 Å². The molecule has 0 aromatic carbocycles. The van der Waals surface area contributed by atoms with Crippen molar-refractivity contribution in [1.29, 1.82) is 0 Å². The smallest absolute Gasteiger partial charge is 0.157 e. The minimum absolute atomic E-state index is 0.627. The highest BCUT2D eigenvalue weighted by atomic mass is 32.2. The van der Waals surface area contributed by atoms with E-state index in [-0.39, 0.29) is 0 Å². The molecule has 1 aliphatic heterocycles. The normalized spacial score (nSPS) is 24.1. The number of thiophene rings is 1. The van der Waals surface area contributed by atoms with Crippen molar-refractivity contribution in [2.75, 3.05) is 5.75 Å². The molecule has 76 valence electrons. The van der Waals surface area contributed by atoms with E-state index in [2.05, 4.69) is 34.7 Å². The second-order valence-corrected chi connectivity index (χ2v) is 5.30. The highest BCUT2D eigenvalue weighted by molar-refractivity contribution is 8.14. The van der Waals surface area contributed by atoms with Gasteiger partial charge in [0, 0.05) is 16.7 Å². The number of aliphatic imine (C=N–C) groups is 1. The van der Waals surface area contributed by atoms with Crippen molar-refractivity contribution in [2.45, 2.75) is 25.9 Å². The first-order chi connectivity index (χ1) is 6.88. The highest BCUT2D eigenvalue weighted by Gasteiger charge is 2.17. The summed E-state index contributed by atoms with van der Waals surface area (Å²) in [6.45, 7) is 3.03. The maximum Gasteiger partial charge on any atom is 0.157 e. The van der Waals surface area contributed by atoms with Crippen LogP contribution in [0.4, 0.5) is 0 Å². The van der Waals surface area contributed by atoms with E-state index in [1.54, 1.807) is 11.3 Å². The number of hydrogen-bond donors (Lipinski definition) is 1. The summed E-state index contributed by atoms with van der Waals surface area (Å²) in [5.74, 6) is 1.17. The number of amidine groups is 1. The van der Waals surface area contributed by atoms with Crippen molar-refractivity contribution in [1.82, 2.24) is 5.32 Å². The zero-order chi connectivity index (χ0) is 9.80. The van der Waals surface area contributed by atoms with Crippen LogP contribution in [0.15, 0.2) is 22.5 Å². The van der Waals surface area contributed by atoms with Gasteiger partial charge in [0.1, 0.15) is 0 Å². The standard InChI is InChI=1S/C10H14N2S2/c1-2-8-7-14-10(12-8)11-6-9-4-3-5-13-9/h3-5,8H,2,6-7H2,1H3,(H,11,12)/t8-/m1/s1. The molecule has 0 unspecified atom stereocenters. The van der Waals surface area contributed by atoms with E-state index < -0.39 is 0 Å². The molecular weight excluding hydrogens is 212 g/mol. The molecular formula is C10H14N2S2. The molecule has 2 heterocycles. The van der Waals surface area contributed by atoms with Crippen LogP contribution in [0.5, 0.6) is 0 Å². The zero-order valence-electron chi connectivity index (χ0n) is 8.19. The van der Waals surface area contributed by atoms with Crippen molar-refractivity contribution >= 4 is 28.3 Å². The van der Waals surface area contributed by atoms with Gasteiger partial charge >= 0.3 is 0 Å². The van der Waals surface area contributed by atoms with Crippen molar-refractivity contribution in [3.05, 3.63) is 22.4 Å². The van der Waals surface area contributed by atoms with Gasteiger partial charge in [-0.15, -0.1) is 11.3 Å². The molecule has 14 heavy (non-hydrogen) atoms. The van der Waals surface area contributed by atoms with Crippen LogP contribution in [0.25, 0.3) is 0 Å². The molecule has 0 aliphatic carbocycles. The molecule has 0 spiro atoms. The molecule has 2 rings (SSSR count). The van der Waals surface area contributed by atoms with E-state index in [0.717, 1.165) is 11.7 Å². The molecule has 1 atom stereocenters. The first kappa shape index (κ1) is 10.1. The van der Waals surface area contributed by atoms with Crippen LogP contribution in [0, 0.1) is 0 Å². The van der Waals surface area contributed by atoms with Gasteiger partial charge in [-0.1, -0.05) is 24.8 Å². The Labute approximate surface area is 92.8 Å². The molecule has 1 aromatic heterocycles. The number of hydrogen-bond acceptors (Lipinski definition) is 3. The number of nitrogens with zero attached hydrogens (tertiary/aromatic N) is 1. The molecule has 0 bridgehead atoms. The second kappa shape index (κ2) is 4.84. The maximum atomic E-state index is 4.54. The fraction of sp³-hybridized carbons (Fsp3) is 0.500. The molecule has 4 heteroatoms. The Bertz CT molecular complexity index is 306. The summed E-state index contributed by atoms with van der Waals surface area (Å²) in [5, 5.41) is 6.63. The number of nitrogens with one attached hydrogen (secondary N) is 1. The lowest BCUT2D eigenvalue weighted by Gasteiger charge is -2.04. The van der Waals surface area contributed by atoms with E-state index in [9.17, 15) is 0 Å². The molecule has 1 aromatic rings. The first-order valence-electron chi connectivity index (χ1n) is 4.84. The summed E-state index contributed by atoms with van der Waals surface area (Å²) in [7, 11) is 0.